The van der Waals surface area contributed by atoms with Gasteiger partial charge in [0.1, 0.15) is 18.6 Å². The number of nitrogens with one attached hydrogen (secondary N) is 1. The second kappa shape index (κ2) is 8.98. The Morgan fingerprint density at radius 3 is 2.59 bits per heavy atom. The van der Waals surface area contributed by atoms with Crippen molar-refractivity contribution in [2.75, 3.05) is 30.9 Å². The second-order valence-electron chi connectivity index (χ2n) is 6.40. The fourth-order valence-electron chi connectivity index (χ4n) is 2.59. The van der Waals surface area contributed by atoms with Crippen molar-refractivity contribution in [1.82, 2.24) is 4.98 Å². The van der Waals surface area contributed by atoms with Gasteiger partial charge in [0.05, 0.1) is 16.5 Å². The molecule has 0 fully saturated rings. The molecule has 2 aromatic rings. The number of hydrogen-bond acceptors (Lipinski definition) is 7. The van der Waals surface area contributed by atoms with E-state index in [-0.39, 0.29) is 24.3 Å². The first kappa shape index (κ1) is 20.2. The van der Waals surface area contributed by atoms with Gasteiger partial charge in [-0.2, -0.15) is 0 Å². The van der Waals surface area contributed by atoms with Crippen molar-refractivity contribution in [2.45, 2.75) is 26.3 Å². The van der Waals surface area contributed by atoms with Crippen LogP contribution in [-0.2, 0) is 4.74 Å². The Bertz CT molecular complexity index is 806. The predicted octanol–water partition coefficient (Wildman–Crippen LogP) is 3.41. The lowest BCUT2D eigenvalue weighted by molar-refractivity contribution is -0.385. The summed E-state index contributed by atoms with van der Waals surface area (Å²) in [6.45, 7) is 4.07. The number of nitro groups is 1. The molecule has 1 aromatic heterocycles. The summed E-state index contributed by atoms with van der Waals surface area (Å²) in [5.74, 6) is 0.106. The Morgan fingerprint density at radius 2 is 2.07 bits per heavy atom. The molecule has 0 aliphatic heterocycles. The third-order valence-corrected chi connectivity index (χ3v) is 4.13. The summed E-state index contributed by atoms with van der Waals surface area (Å²) < 4.78 is 5.42. The molecule has 0 aliphatic carbocycles. The van der Waals surface area contributed by atoms with Gasteiger partial charge in [-0.15, -0.1) is 0 Å². The van der Waals surface area contributed by atoms with E-state index < -0.39 is 4.92 Å². The Balaban J connectivity index is 1.95. The lowest BCUT2D eigenvalue weighted by Gasteiger charge is -2.18. The highest BCUT2D eigenvalue weighted by molar-refractivity contribution is 5.90. The third kappa shape index (κ3) is 5.40. The van der Waals surface area contributed by atoms with Gasteiger partial charge in [0.2, 0.25) is 0 Å². The highest BCUT2D eigenvalue weighted by atomic mass is 16.6. The van der Waals surface area contributed by atoms with Crippen molar-refractivity contribution in [2.24, 2.45) is 0 Å². The number of rotatable bonds is 8. The summed E-state index contributed by atoms with van der Waals surface area (Å²) in [4.78, 5) is 28.5. The second-order valence-corrected chi connectivity index (χ2v) is 6.40. The Hall–Kier alpha value is -3.16. The molecule has 1 atom stereocenters. The Labute approximate surface area is 158 Å². The molecule has 2 rings (SSSR count). The van der Waals surface area contributed by atoms with Gasteiger partial charge in [0.15, 0.2) is 0 Å². The summed E-state index contributed by atoms with van der Waals surface area (Å²) >= 11 is 0. The van der Waals surface area contributed by atoms with Crippen molar-refractivity contribution in [3.05, 3.63) is 57.8 Å². The highest BCUT2D eigenvalue weighted by Crippen LogP contribution is 2.20. The van der Waals surface area contributed by atoms with Crippen LogP contribution in [0.1, 0.15) is 29.3 Å². The van der Waals surface area contributed by atoms with Crippen molar-refractivity contribution < 1.29 is 14.5 Å². The van der Waals surface area contributed by atoms with Gasteiger partial charge >= 0.3 is 5.97 Å². The van der Waals surface area contributed by atoms with E-state index in [1.165, 1.54) is 18.3 Å². The van der Waals surface area contributed by atoms with E-state index in [0.717, 1.165) is 11.3 Å². The molecule has 0 spiro atoms. The van der Waals surface area contributed by atoms with Gasteiger partial charge in [0, 0.05) is 25.8 Å². The zero-order chi connectivity index (χ0) is 20.0. The number of benzene rings is 1. The molecule has 0 amide bonds. The standard InChI is InChI=1S/C19H24N4O4/c1-5-15(21-18-9-7-16(11-20-18)23(25)26)12-27-19(24)14-6-8-17(22(3)4)13(2)10-14/h6-11,15H,5,12H2,1-4H3,(H,20,21). The molecule has 1 aromatic carbocycles. The molecule has 0 saturated carbocycles. The van der Waals surface area contributed by atoms with Gasteiger partial charge in [-0.1, -0.05) is 6.92 Å². The number of aryl methyl sites for hydroxylation is 1. The van der Waals surface area contributed by atoms with E-state index in [9.17, 15) is 14.9 Å². The first-order chi connectivity index (χ1) is 12.8. The number of ether oxygens (including phenoxy) is 1. The van der Waals surface area contributed by atoms with Crippen LogP contribution < -0.4 is 10.2 Å². The smallest absolute Gasteiger partial charge is 0.338 e. The van der Waals surface area contributed by atoms with E-state index in [0.29, 0.717) is 17.8 Å². The number of carbonyl (C=O) groups is 1. The molecule has 0 aliphatic rings. The van der Waals surface area contributed by atoms with Crippen LogP contribution in [-0.4, -0.2) is 42.6 Å². The van der Waals surface area contributed by atoms with E-state index >= 15 is 0 Å². The number of esters is 1. The molecule has 144 valence electrons. The van der Waals surface area contributed by atoms with Gasteiger partial charge in [-0.25, -0.2) is 9.78 Å². The normalized spacial score (nSPS) is 11.6. The highest BCUT2D eigenvalue weighted by Gasteiger charge is 2.14. The lowest BCUT2D eigenvalue weighted by Crippen LogP contribution is -2.26. The Kier molecular flexibility index (Phi) is 6.70. The minimum atomic E-state index is -0.501. The summed E-state index contributed by atoms with van der Waals surface area (Å²) in [5.41, 5.74) is 2.47. The first-order valence-corrected chi connectivity index (χ1v) is 8.64. The fourth-order valence-corrected chi connectivity index (χ4v) is 2.59. The molecule has 0 radical (unpaired) electrons. The molecular weight excluding hydrogens is 348 g/mol. The number of carbonyl (C=O) groups excluding carboxylic acids is 1. The van der Waals surface area contributed by atoms with Crippen LogP contribution in [0.25, 0.3) is 0 Å². The average molecular weight is 372 g/mol. The average Bonchev–Trinajstić information content (AvgIpc) is 2.64. The summed E-state index contributed by atoms with van der Waals surface area (Å²) in [6, 6.07) is 8.21. The van der Waals surface area contributed by atoms with Crippen LogP contribution >= 0.6 is 0 Å². The van der Waals surface area contributed by atoms with Crippen LogP contribution in [0.15, 0.2) is 36.5 Å². The van der Waals surface area contributed by atoms with Crippen molar-refractivity contribution >= 4 is 23.2 Å². The maximum Gasteiger partial charge on any atom is 0.338 e. The molecule has 1 heterocycles. The molecule has 27 heavy (non-hydrogen) atoms. The van der Waals surface area contributed by atoms with Crippen molar-refractivity contribution in [1.29, 1.82) is 0 Å². The minimum absolute atomic E-state index is 0.0726. The van der Waals surface area contributed by atoms with Crippen LogP contribution in [0, 0.1) is 17.0 Å². The maximum atomic E-state index is 12.3. The van der Waals surface area contributed by atoms with Gasteiger partial charge < -0.3 is 15.0 Å². The van der Waals surface area contributed by atoms with E-state index in [2.05, 4.69) is 10.3 Å². The zero-order valence-electron chi connectivity index (χ0n) is 15.9. The summed E-state index contributed by atoms with van der Waals surface area (Å²) in [6.07, 6.45) is 1.89. The SMILES string of the molecule is CCC(COC(=O)c1ccc(N(C)C)c(C)c1)Nc1ccc([N+](=O)[O-])cn1. The topological polar surface area (TPSA) is 97.6 Å². The number of nitrogens with zero attached hydrogens (tertiary/aromatic N) is 3. The molecule has 0 bridgehead atoms. The quantitative estimate of drug-likeness (QED) is 0.431. The van der Waals surface area contributed by atoms with Crippen LogP contribution in [0.3, 0.4) is 0 Å². The molecule has 8 heteroatoms. The number of aromatic nitrogens is 1. The van der Waals surface area contributed by atoms with Crippen LogP contribution in [0.5, 0.6) is 0 Å². The first-order valence-electron chi connectivity index (χ1n) is 8.64. The minimum Gasteiger partial charge on any atom is -0.460 e. The number of hydrogen-bond donors (Lipinski definition) is 1. The molecular formula is C19H24N4O4. The predicted molar refractivity (Wildman–Crippen MR) is 104 cm³/mol. The zero-order valence-corrected chi connectivity index (χ0v) is 15.9. The van der Waals surface area contributed by atoms with E-state index in [1.54, 1.807) is 6.07 Å². The van der Waals surface area contributed by atoms with E-state index in [4.69, 9.17) is 4.74 Å². The van der Waals surface area contributed by atoms with Crippen LogP contribution in [0.2, 0.25) is 0 Å². The molecule has 1 N–H and O–H groups in total. The number of pyridine rings is 1. The Morgan fingerprint density at radius 1 is 1.33 bits per heavy atom. The molecule has 0 saturated heterocycles. The van der Waals surface area contributed by atoms with E-state index in [1.807, 2.05) is 45.0 Å². The van der Waals surface area contributed by atoms with Gasteiger partial charge in [-0.3, -0.25) is 10.1 Å². The van der Waals surface area contributed by atoms with Crippen molar-refractivity contribution in [3.63, 3.8) is 0 Å². The number of anilines is 2. The van der Waals surface area contributed by atoms with Crippen LogP contribution in [0.4, 0.5) is 17.2 Å². The van der Waals surface area contributed by atoms with Gasteiger partial charge in [0.25, 0.3) is 5.69 Å². The monoisotopic (exact) mass is 372 g/mol. The largest absolute Gasteiger partial charge is 0.460 e. The third-order valence-electron chi connectivity index (χ3n) is 4.13. The van der Waals surface area contributed by atoms with Crippen molar-refractivity contribution in [3.8, 4) is 0 Å². The maximum absolute atomic E-state index is 12.3. The molecule has 8 nitrogen and oxygen atoms in total. The summed E-state index contributed by atoms with van der Waals surface area (Å²) in [5, 5.41) is 13.8. The lowest BCUT2D eigenvalue weighted by atomic mass is 10.1. The summed E-state index contributed by atoms with van der Waals surface area (Å²) in [7, 11) is 3.90. The molecule has 1 unspecified atom stereocenters. The fraction of sp³-hybridized carbons (Fsp3) is 0.368. The van der Waals surface area contributed by atoms with Gasteiger partial charge in [-0.05, 0) is 43.2 Å².